The first-order valence-electron chi connectivity index (χ1n) is 8.12. The van der Waals surface area contributed by atoms with Crippen molar-refractivity contribution in [3.63, 3.8) is 0 Å². The van der Waals surface area contributed by atoms with E-state index in [1.54, 1.807) is 31.2 Å². The number of nitro groups is 1. The molecule has 0 fully saturated rings. The van der Waals surface area contributed by atoms with E-state index in [2.05, 4.69) is 4.74 Å². The second-order valence-corrected chi connectivity index (χ2v) is 7.90. The Morgan fingerprint density at radius 2 is 1.74 bits per heavy atom. The molecule has 0 saturated heterocycles. The fourth-order valence-electron chi connectivity index (χ4n) is 2.50. The summed E-state index contributed by atoms with van der Waals surface area (Å²) in [6.45, 7) is 1.55. The average molecular weight is 392 g/mol. The third-order valence-electron chi connectivity index (χ3n) is 3.97. The van der Waals surface area contributed by atoms with Crippen LogP contribution in [0.2, 0.25) is 0 Å². The minimum atomic E-state index is -3.98. The van der Waals surface area contributed by atoms with Gasteiger partial charge in [-0.2, -0.15) is 4.31 Å². The summed E-state index contributed by atoms with van der Waals surface area (Å²) < 4.78 is 32.0. The maximum Gasteiger partial charge on any atom is 0.309 e. The molecule has 144 valence electrons. The molecule has 0 amide bonds. The zero-order valence-corrected chi connectivity index (χ0v) is 15.8. The lowest BCUT2D eigenvalue weighted by Gasteiger charge is -2.24. The van der Waals surface area contributed by atoms with Gasteiger partial charge in [0.25, 0.3) is 5.69 Å². The molecule has 1 atom stereocenters. The zero-order chi connectivity index (χ0) is 20.0. The van der Waals surface area contributed by atoms with Crippen LogP contribution in [0.5, 0.6) is 0 Å². The van der Waals surface area contributed by atoms with Crippen molar-refractivity contribution in [2.75, 3.05) is 13.7 Å². The quantitative estimate of drug-likeness (QED) is 0.388. The van der Waals surface area contributed by atoms with Gasteiger partial charge in [-0.25, -0.2) is 8.42 Å². The van der Waals surface area contributed by atoms with Crippen molar-refractivity contribution < 1.29 is 22.9 Å². The van der Waals surface area contributed by atoms with Crippen LogP contribution in [0, 0.1) is 16.0 Å². The predicted molar refractivity (Wildman–Crippen MR) is 98.3 cm³/mol. The van der Waals surface area contributed by atoms with Crippen molar-refractivity contribution in [2.45, 2.75) is 18.4 Å². The largest absolute Gasteiger partial charge is 0.469 e. The number of nitrogens with zero attached hydrogens (tertiary/aromatic N) is 2. The van der Waals surface area contributed by atoms with Crippen molar-refractivity contribution in [1.29, 1.82) is 0 Å². The molecule has 9 heteroatoms. The lowest BCUT2D eigenvalue weighted by Crippen LogP contribution is -2.36. The molecule has 2 rings (SSSR count). The first-order chi connectivity index (χ1) is 12.8. The molecule has 0 aliphatic carbocycles. The van der Waals surface area contributed by atoms with Gasteiger partial charge >= 0.3 is 5.97 Å². The van der Waals surface area contributed by atoms with Crippen molar-refractivity contribution in [3.05, 3.63) is 70.3 Å². The normalized spacial score (nSPS) is 12.6. The molecule has 2 aromatic rings. The second-order valence-electron chi connectivity index (χ2n) is 5.96. The molecular formula is C18H20N2O6S. The van der Waals surface area contributed by atoms with Crippen LogP contribution in [0.15, 0.2) is 59.5 Å². The Hall–Kier alpha value is -2.78. The van der Waals surface area contributed by atoms with E-state index in [0.29, 0.717) is 0 Å². The lowest BCUT2D eigenvalue weighted by atomic mass is 10.1. The highest BCUT2D eigenvalue weighted by Crippen LogP contribution is 2.22. The van der Waals surface area contributed by atoms with E-state index in [4.69, 9.17) is 0 Å². The van der Waals surface area contributed by atoms with Crippen LogP contribution in [-0.2, 0) is 26.1 Å². The number of nitro benzene ring substituents is 1. The summed E-state index contributed by atoms with van der Waals surface area (Å²) in [4.78, 5) is 21.9. The van der Waals surface area contributed by atoms with Crippen LogP contribution in [0.1, 0.15) is 12.5 Å². The highest BCUT2D eigenvalue weighted by Gasteiger charge is 2.29. The van der Waals surface area contributed by atoms with Crippen LogP contribution in [0.3, 0.4) is 0 Å². The number of sulfonamides is 1. The van der Waals surface area contributed by atoms with Crippen molar-refractivity contribution >= 4 is 21.7 Å². The molecule has 0 aliphatic rings. The van der Waals surface area contributed by atoms with Crippen molar-refractivity contribution in [2.24, 2.45) is 5.92 Å². The molecule has 8 nitrogen and oxygen atoms in total. The highest BCUT2D eigenvalue weighted by molar-refractivity contribution is 7.89. The molecule has 0 aromatic heterocycles. The van der Waals surface area contributed by atoms with Gasteiger partial charge in [0, 0.05) is 25.2 Å². The number of carbonyl (C=O) groups excluding carboxylic acids is 1. The van der Waals surface area contributed by atoms with Crippen LogP contribution < -0.4 is 0 Å². The summed E-state index contributed by atoms with van der Waals surface area (Å²) in [7, 11) is -2.73. The van der Waals surface area contributed by atoms with E-state index in [9.17, 15) is 23.3 Å². The Kier molecular flexibility index (Phi) is 6.65. The van der Waals surface area contributed by atoms with Gasteiger partial charge < -0.3 is 4.74 Å². The Labute approximate surface area is 157 Å². The van der Waals surface area contributed by atoms with Crippen LogP contribution >= 0.6 is 0 Å². The lowest BCUT2D eigenvalue weighted by molar-refractivity contribution is -0.384. The molecule has 0 heterocycles. The highest BCUT2D eigenvalue weighted by atomic mass is 32.2. The molecule has 27 heavy (non-hydrogen) atoms. The molecule has 2 aromatic carbocycles. The van der Waals surface area contributed by atoms with Gasteiger partial charge in [0.15, 0.2) is 0 Å². The predicted octanol–water partition coefficient (Wildman–Crippen LogP) is 2.59. The number of hydrogen-bond donors (Lipinski definition) is 0. The van der Waals surface area contributed by atoms with E-state index in [0.717, 1.165) is 17.7 Å². The van der Waals surface area contributed by atoms with Crippen LogP contribution in [0.25, 0.3) is 0 Å². The maximum absolute atomic E-state index is 13.1. The summed E-state index contributed by atoms with van der Waals surface area (Å²) in [6, 6.07) is 13.6. The van der Waals surface area contributed by atoms with E-state index >= 15 is 0 Å². The van der Waals surface area contributed by atoms with E-state index in [1.165, 1.54) is 23.5 Å². The van der Waals surface area contributed by atoms with Gasteiger partial charge in [0.2, 0.25) is 10.0 Å². The standard InChI is InChI=1S/C18H20N2O6S/c1-14(18(21)26-2)12-19(13-15-6-4-3-5-7-15)27(24,25)17-10-8-16(9-11-17)20(22)23/h3-11,14H,12-13H2,1-2H3/t14-/m1/s1. The number of rotatable bonds is 8. The zero-order valence-electron chi connectivity index (χ0n) is 14.9. The SMILES string of the molecule is COC(=O)[C@H](C)CN(Cc1ccccc1)S(=O)(=O)c1ccc([N+](=O)[O-])cc1. The van der Waals surface area contributed by atoms with E-state index in [-0.39, 0.29) is 23.7 Å². The average Bonchev–Trinajstić information content (AvgIpc) is 2.67. The monoisotopic (exact) mass is 392 g/mol. The van der Waals surface area contributed by atoms with Gasteiger partial charge in [-0.15, -0.1) is 0 Å². The molecule has 0 aliphatic heterocycles. The van der Waals surface area contributed by atoms with Crippen LogP contribution in [0.4, 0.5) is 5.69 Å². The summed E-state index contributed by atoms with van der Waals surface area (Å²) in [6.07, 6.45) is 0. The summed E-state index contributed by atoms with van der Waals surface area (Å²) in [5, 5.41) is 10.8. The van der Waals surface area contributed by atoms with E-state index in [1.807, 2.05) is 6.07 Å². The topological polar surface area (TPSA) is 107 Å². The van der Waals surface area contributed by atoms with Crippen molar-refractivity contribution in [1.82, 2.24) is 4.31 Å². The molecular weight excluding hydrogens is 372 g/mol. The smallest absolute Gasteiger partial charge is 0.309 e. The molecule has 0 unspecified atom stereocenters. The Morgan fingerprint density at radius 1 is 1.15 bits per heavy atom. The van der Waals surface area contributed by atoms with Crippen molar-refractivity contribution in [3.8, 4) is 0 Å². The number of methoxy groups -OCH3 is 1. The summed E-state index contributed by atoms with van der Waals surface area (Å²) >= 11 is 0. The summed E-state index contributed by atoms with van der Waals surface area (Å²) in [5.41, 5.74) is 0.548. The first-order valence-corrected chi connectivity index (χ1v) is 9.56. The van der Waals surface area contributed by atoms with Gasteiger partial charge in [-0.05, 0) is 17.7 Å². The number of hydrogen-bond acceptors (Lipinski definition) is 6. The van der Waals surface area contributed by atoms with Gasteiger partial charge in [0.1, 0.15) is 0 Å². The summed E-state index contributed by atoms with van der Waals surface area (Å²) in [5.74, 6) is -1.20. The van der Waals surface area contributed by atoms with Gasteiger partial charge in [0.05, 0.1) is 22.8 Å². The molecule has 0 bridgehead atoms. The number of carbonyl (C=O) groups is 1. The number of esters is 1. The fraction of sp³-hybridized carbons (Fsp3) is 0.278. The number of ether oxygens (including phenoxy) is 1. The third kappa shape index (κ3) is 5.11. The Balaban J connectivity index is 2.37. The molecule has 0 N–H and O–H groups in total. The van der Waals surface area contributed by atoms with Gasteiger partial charge in [-0.3, -0.25) is 14.9 Å². The maximum atomic E-state index is 13.1. The minimum Gasteiger partial charge on any atom is -0.469 e. The van der Waals surface area contributed by atoms with E-state index < -0.39 is 26.8 Å². The molecule has 0 spiro atoms. The van der Waals surface area contributed by atoms with Gasteiger partial charge in [-0.1, -0.05) is 37.3 Å². The third-order valence-corrected chi connectivity index (χ3v) is 5.79. The minimum absolute atomic E-state index is 0.0570. The molecule has 0 radical (unpaired) electrons. The number of benzene rings is 2. The van der Waals surface area contributed by atoms with Crippen LogP contribution in [-0.4, -0.2) is 37.3 Å². The Bertz CT molecular complexity index is 897. The fourth-order valence-corrected chi connectivity index (χ4v) is 4.02. The molecule has 0 saturated carbocycles. The first kappa shape index (κ1) is 20.5. The second kappa shape index (κ2) is 8.74. The number of non-ortho nitro benzene ring substituents is 1. The Morgan fingerprint density at radius 3 is 2.26 bits per heavy atom.